The normalized spacial score (nSPS) is 14.3. The van der Waals surface area contributed by atoms with Crippen molar-refractivity contribution < 1.29 is 17.6 Å². The first-order valence-corrected chi connectivity index (χ1v) is 12.3. The number of nitrogens with two attached hydrogens (primary N) is 1. The number of nitrogens with one attached hydrogen (secondary N) is 2. The van der Waals surface area contributed by atoms with E-state index in [0.717, 1.165) is 11.6 Å². The summed E-state index contributed by atoms with van der Waals surface area (Å²) >= 11 is 3.33. The molecule has 0 radical (unpaired) electrons. The van der Waals surface area contributed by atoms with Crippen LogP contribution in [0.4, 0.5) is 33.2 Å². The van der Waals surface area contributed by atoms with Crippen LogP contribution in [0.5, 0.6) is 0 Å². The van der Waals surface area contributed by atoms with Crippen molar-refractivity contribution in [1.29, 1.82) is 0 Å². The lowest BCUT2D eigenvalue weighted by Gasteiger charge is -2.23. The molecule has 4 N–H and O–H groups in total. The first kappa shape index (κ1) is 22.9. The first-order valence-electron chi connectivity index (χ1n) is 9.87. The summed E-state index contributed by atoms with van der Waals surface area (Å²) in [6.07, 6.45) is 1.49. The topological polar surface area (TPSA) is 130 Å². The quantitative estimate of drug-likeness (QED) is 0.435. The molecule has 1 aliphatic heterocycles. The Morgan fingerprint density at radius 1 is 1.24 bits per heavy atom. The second-order valence-corrected chi connectivity index (χ2v) is 10.4. The van der Waals surface area contributed by atoms with Crippen molar-refractivity contribution in [3.63, 3.8) is 0 Å². The molecule has 1 aliphatic rings. The molecular weight excluding hydrogens is 515 g/mol. The smallest absolute Gasteiger partial charge is 0.253 e. The van der Waals surface area contributed by atoms with Crippen LogP contribution in [0.2, 0.25) is 0 Å². The van der Waals surface area contributed by atoms with Crippen LogP contribution in [0, 0.1) is 5.82 Å². The second-order valence-electron chi connectivity index (χ2n) is 7.66. The van der Waals surface area contributed by atoms with Gasteiger partial charge >= 0.3 is 0 Å². The number of halogens is 2. The number of anilines is 5. The number of hydrogen-bond donors (Lipinski definition) is 3. The number of amides is 1. The lowest BCUT2D eigenvalue weighted by molar-refractivity contribution is 0.0997. The molecule has 0 saturated carbocycles. The van der Waals surface area contributed by atoms with Crippen LogP contribution in [-0.4, -0.2) is 30.3 Å². The van der Waals surface area contributed by atoms with Crippen LogP contribution < -0.4 is 20.7 Å². The number of sulfonamides is 1. The standard InChI is InChI=1S/C21H20BrFN6O3S/c1-11(2)29-17-8-13(7-6-12(17)10-33(29,31)32)26-21-25-9-14(22)20(28-21)27-16-5-3-4-15(23)18(16)19(24)30/h3-9,11H,10H2,1-2H3,(H2,24,30)(H2,25,26,27,28). The molecule has 9 nitrogen and oxygen atoms in total. The largest absolute Gasteiger partial charge is 0.365 e. The Hall–Kier alpha value is -3.25. The number of carbonyl (C=O) groups is 1. The van der Waals surface area contributed by atoms with Crippen molar-refractivity contribution in [3.8, 4) is 0 Å². The minimum Gasteiger partial charge on any atom is -0.365 e. The fourth-order valence-electron chi connectivity index (χ4n) is 3.63. The van der Waals surface area contributed by atoms with Gasteiger partial charge in [0.2, 0.25) is 16.0 Å². The maximum absolute atomic E-state index is 14.1. The van der Waals surface area contributed by atoms with Crippen molar-refractivity contribution in [3.05, 3.63) is 64.0 Å². The fourth-order valence-corrected chi connectivity index (χ4v) is 5.81. The highest BCUT2D eigenvalue weighted by Crippen LogP contribution is 2.37. The Morgan fingerprint density at radius 2 is 2.00 bits per heavy atom. The van der Waals surface area contributed by atoms with Gasteiger partial charge in [0.15, 0.2) is 0 Å². The molecule has 0 saturated heterocycles. The number of primary amides is 1. The van der Waals surface area contributed by atoms with E-state index in [1.54, 1.807) is 18.2 Å². The number of hydrogen-bond acceptors (Lipinski definition) is 7. The summed E-state index contributed by atoms with van der Waals surface area (Å²) in [5, 5.41) is 5.95. The van der Waals surface area contributed by atoms with E-state index in [0.29, 0.717) is 15.8 Å². The average molecular weight is 535 g/mol. The maximum Gasteiger partial charge on any atom is 0.253 e. The van der Waals surface area contributed by atoms with Gasteiger partial charge in [-0.15, -0.1) is 0 Å². The maximum atomic E-state index is 14.1. The van der Waals surface area contributed by atoms with E-state index in [4.69, 9.17) is 5.73 Å². The van der Waals surface area contributed by atoms with Gasteiger partial charge in [-0.2, -0.15) is 4.98 Å². The van der Waals surface area contributed by atoms with Crippen LogP contribution in [0.25, 0.3) is 0 Å². The van der Waals surface area contributed by atoms with Crippen molar-refractivity contribution in [1.82, 2.24) is 9.97 Å². The Balaban J connectivity index is 1.64. The summed E-state index contributed by atoms with van der Waals surface area (Å²) in [6.45, 7) is 3.63. The second kappa shape index (κ2) is 8.60. The molecule has 0 atom stereocenters. The van der Waals surface area contributed by atoms with E-state index in [9.17, 15) is 17.6 Å². The summed E-state index contributed by atoms with van der Waals surface area (Å²) in [6, 6.07) is 9.09. The molecule has 2 aromatic carbocycles. The highest BCUT2D eigenvalue weighted by Gasteiger charge is 2.35. The molecule has 3 aromatic rings. The zero-order valence-electron chi connectivity index (χ0n) is 17.6. The Kier molecular flexibility index (Phi) is 5.97. The summed E-state index contributed by atoms with van der Waals surface area (Å²) in [7, 11) is -3.41. The molecule has 12 heteroatoms. The number of fused-ring (bicyclic) bond motifs is 1. The zero-order chi connectivity index (χ0) is 23.9. The molecule has 33 heavy (non-hydrogen) atoms. The Morgan fingerprint density at radius 3 is 2.70 bits per heavy atom. The number of aromatic nitrogens is 2. The molecule has 4 rings (SSSR count). The predicted molar refractivity (Wildman–Crippen MR) is 128 cm³/mol. The lowest BCUT2D eigenvalue weighted by atomic mass is 10.1. The van der Waals surface area contributed by atoms with Gasteiger partial charge in [-0.25, -0.2) is 17.8 Å². The summed E-state index contributed by atoms with van der Waals surface area (Å²) in [5.74, 6) is -1.23. The number of rotatable bonds is 6. The number of carbonyl (C=O) groups excluding carboxylic acids is 1. The number of nitrogens with zero attached hydrogens (tertiary/aromatic N) is 3. The van der Waals surface area contributed by atoms with Crippen molar-refractivity contribution in [2.75, 3.05) is 14.9 Å². The van der Waals surface area contributed by atoms with Crippen LogP contribution in [0.15, 0.2) is 47.1 Å². The minimum atomic E-state index is -3.41. The van der Waals surface area contributed by atoms with Crippen molar-refractivity contribution >= 4 is 60.7 Å². The molecule has 0 bridgehead atoms. The van der Waals surface area contributed by atoms with Crippen molar-refractivity contribution in [2.45, 2.75) is 25.6 Å². The molecule has 0 aliphatic carbocycles. The number of benzene rings is 2. The third-order valence-electron chi connectivity index (χ3n) is 4.94. The van der Waals surface area contributed by atoms with Crippen LogP contribution in [0.3, 0.4) is 0 Å². The molecule has 1 amide bonds. The highest BCUT2D eigenvalue weighted by atomic mass is 79.9. The molecule has 2 heterocycles. The first-order chi connectivity index (χ1) is 15.6. The monoisotopic (exact) mass is 534 g/mol. The lowest BCUT2D eigenvalue weighted by Crippen LogP contribution is -2.33. The highest BCUT2D eigenvalue weighted by molar-refractivity contribution is 9.10. The van der Waals surface area contributed by atoms with Crippen molar-refractivity contribution in [2.24, 2.45) is 5.73 Å². The van der Waals surface area contributed by atoms with Gasteiger partial charge in [0.05, 0.1) is 27.2 Å². The molecule has 1 aromatic heterocycles. The van der Waals surface area contributed by atoms with Crippen LogP contribution in [-0.2, 0) is 15.8 Å². The predicted octanol–water partition coefficient (Wildman–Crippen LogP) is 4.02. The Bertz CT molecular complexity index is 1370. The van der Waals surface area contributed by atoms with E-state index >= 15 is 0 Å². The average Bonchev–Trinajstić information content (AvgIpc) is 2.99. The van der Waals surface area contributed by atoms with E-state index in [1.807, 2.05) is 13.8 Å². The minimum absolute atomic E-state index is 0.0422. The zero-order valence-corrected chi connectivity index (χ0v) is 20.0. The van der Waals surface area contributed by atoms with E-state index in [2.05, 4.69) is 36.5 Å². The van der Waals surface area contributed by atoms with Gasteiger partial charge in [0.1, 0.15) is 11.6 Å². The summed E-state index contributed by atoms with van der Waals surface area (Å²) in [4.78, 5) is 20.3. The van der Waals surface area contributed by atoms with E-state index in [-0.39, 0.29) is 34.8 Å². The van der Waals surface area contributed by atoms with Gasteiger partial charge in [0.25, 0.3) is 5.91 Å². The SMILES string of the molecule is CC(C)N1c2cc(Nc3ncc(Br)c(Nc4cccc(F)c4C(N)=O)n3)ccc2CS1(=O)=O. The molecule has 0 spiro atoms. The van der Waals surface area contributed by atoms with Gasteiger partial charge in [-0.05, 0) is 59.6 Å². The van der Waals surface area contributed by atoms with E-state index < -0.39 is 21.7 Å². The van der Waals surface area contributed by atoms with Crippen LogP contribution >= 0.6 is 15.9 Å². The molecule has 0 unspecified atom stereocenters. The van der Waals surface area contributed by atoms with Crippen LogP contribution in [0.1, 0.15) is 29.8 Å². The Labute approximate surface area is 198 Å². The van der Waals surface area contributed by atoms with Gasteiger partial charge in [-0.3, -0.25) is 9.10 Å². The molecule has 0 fully saturated rings. The third-order valence-corrected chi connectivity index (χ3v) is 7.42. The molecular formula is C21H20BrFN6O3S. The van der Waals surface area contributed by atoms with E-state index in [1.165, 1.54) is 22.6 Å². The fraction of sp³-hybridized carbons (Fsp3) is 0.190. The summed E-state index contributed by atoms with van der Waals surface area (Å²) < 4.78 is 40.9. The van der Waals surface area contributed by atoms with Gasteiger partial charge < -0.3 is 16.4 Å². The third kappa shape index (κ3) is 4.48. The van der Waals surface area contributed by atoms with Gasteiger partial charge in [0, 0.05) is 17.9 Å². The summed E-state index contributed by atoms with van der Waals surface area (Å²) in [5.41, 5.74) is 7.10. The molecule has 172 valence electrons. The van der Waals surface area contributed by atoms with Gasteiger partial charge in [-0.1, -0.05) is 12.1 Å².